The maximum absolute atomic E-state index is 13.9. The van der Waals surface area contributed by atoms with E-state index in [4.69, 9.17) is 9.72 Å². The first-order valence-corrected chi connectivity index (χ1v) is 11.8. The maximum Gasteiger partial charge on any atom is 0.262 e. The van der Waals surface area contributed by atoms with Gasteiger partial charge in [-0.15, -0.1) is 0 Å². The van der Waals surface area contributed by atoms with Gasteiger partial charge >= 0.3 is 0 Å². The third kappa shape index (κ3) is 4.70. The van der Waals surface area contributed by atoms with Crippen molar-refractivity contribution in [2.75, 3.05) is 18.6 Å². The Labute approximate surface area is 209 Å². The van der Waals surface area contributed by atoms with Gasteiger partial charge in [-0.05, 0) is 67.1 Å². The quantitative estimate of drug-likeness (QED) is 0.276. The minimum absolute atomic E-state index is 0.141. The van der Waals surface area contributed by atoms with E-state index in [1.807, 2.05) is 97.7 Å². The number of hydrogen-bond acceptors (Lipinski definition) is 4. The fourth-order valence-corrected chi connectivity index (χ4v) is 4.37. The highest BCUT2D eigenvalue weighted by atomic mass is 19.1. The Morgan fingerprint density at radius 1 is 0.889 bits per heavy atom. The van der Waals surface area contributed by atoms with Crippen molar-refractivity contribution in [2.24, 2.45) is 0 Å². The SMILES string of the molecule is Cc1nc2ccc(N(C)c3ccc(F)cc3)cc2c(=O)n1[C@H](COc1ccccc1)c1ccccc1. The molecule has 0 saturated heterocycles. The van der Waals surface area contributed by atoms with Crippen LogP contribution in [0.4, 0.5) is 15.8 Å². The summed E-state index contributed by atoms with van der Waals surface area (Å²) >= 11 is 0. The van der Waals surface area contributed by atoms with Crippen molar-refractivity contribution >= 4 is 22.3 Å². The van der Waals surface area contributed by atoms with Gasteiger partial charge in [-0.1, -0.05) is 48.5 Å². The van der Waals surface area contributed by atoms with Crippen molar-refractivity contribution in [3.05, 3.63) is 131 Å². The smallest absolute Gasteiger partial charge is 0.262 e. The van der Waals surface area contributed by atoms with Crippen LogP contribution in [0, 0.1) is 12.7 Å². The van der Waals surface area contributed by atoms with Gasteiger partial charge in [0.25, 0.3) is 5.56 Å². The van der Waals surface area contributed by atoms with E-state index >= 15 is 0 Å². The molecule has 5 nitrogen and oxygen atoms in total. The topological polar surface area (TPSA) is 47.4 Å². The molecule has 0 bridgehead atoms. The molecule has 5 aromatic rings. The van der Waals surface area contributed by atoms with Crippen LogP contribution in [0.25, 0.3) is 10.9 Å². The van der Waals surface area contributed by atoms with Crippen LogP contribution in [0.3, 0.4) is 0 Å². The first-order valence-electron chi connectivity index (χ1n) is 11.8. The first-order chi connectivity index (χ1) is 17.5. The van der Waals surface area contributed by atoms with Crippen LogP contribution >= 0.6 is 0 Å². The highest BCUT2D eigenvalue weighted by Gasteiger charge is 2.21. The molecule has 0 aliphatic rings. The summed E-state index contributed by atoms with van der Waals surface area (Å²) in [5.74, 6) is 1.05. The lowest BCUT2D eigenvalue weighted by Crippen LogP contribution is -2.32. The summed E-state index contributed by atoms with van der Waals surface area (Å²) in [6.07, 6.45) is 0. The molecule has 0 fully saturated rings. The standard InChI is InChI=1S/C30H26FN3O2/c1-21-32-28-18-17-25(33(2)24-15-13-23(31)14-16-24)19-27(28)30(35)34(21)29(22-9-5-3-6-10-22)20-36-26-11-7-4-8-12-26/h3-19,29H,20H2,1-2H3/t29-/m1/s1. The van der Waals surface area contributed by atoms with Gasteiger partial charge in [-0.3, -0.25) is 9.36 Å². The van der Waals surface area contributed by atoms with Crippen molar-refractivity contribution in [2.45, 2.75) is 13.0 Å². The van der Waals surface area contributed by atoms with Gasteiger partial charge in [-0.25, -0.2) is 9.37 Å². The largest absolute Gasteiger partial charge is 0.491 e. The second kappa shape index (κ2) is 10.0. The monoisotopic (exact) mass is 479 g/mol. The average molecular weight is 480 g/mol. The second-order valence-corrected chi connectivity index (χ2v) is 8.62. The minimum atomic E-state index is -0.366. The molecule has 0 N–H and O–H groups in total. The Morgan fingerprint density at radius 3 is 2.22 bits per heavy atom. The summed E-state index contributed by atoms with van der Waals surface area (Å²) in [6, 6.07) is 30.9. The molecule has 0 amide bonds. The normalized spacial score (nSPS) is 11.9. The van der Waals surface area contributed by atoms with Gasteiger partial charge in [0, 0.05) is 18.4 Å². The van der Waals surface area contributed by atoms with Crippen LogP contribution in [-0.4, -0.2) is 23.2 Å². The number of fused-ring (bicyclic) bond motifs is 1. The summed E-state index contributed by atoms with van der Waals surface area (Å²) in [5, 5.41) is 0.507. The van der Waals surface area contributed by atoms with Crippen LogP contribution in [0.2, 0.25) is 0 Å². The van der Waals surface area contributed by atoms with E-state index in [2.05, 4.69) is 0 Å². The molecular weight excluding hydrogens is 453 g/mol. The summed E-state index contributed by atoms with van der Waals surface area (Å²) in [6.45, 7) is 2.12. The fourth-order valence-electron chi connectivity index (χ4n) is 4.37. The minimum Gasteiger partial charge on any atom is -0.491 e. The van der Waals surface area contributed by atoms with Crippen molar-refractivity contribution in [1.29, 1.82) is 0 Å². The van der Waals surface area contributed by atoms with Crippen LogP contribution in [-0.2, 0) is 0 Å². The van der Waals surface area contributed by atoms with E-state index in [9.17, 15) is 9.18 Å². The number of hydrogen-bond donors (Lipinski definition) is 0. The molecule has 1 atom stereocenters. The molecular formula is C30H26FN3O2. The number of aromatic nitrogens is 2. The second-order valence-electron chi connectivity index (χ2n) is 8.62. The van der Waals surface area contributed by atoms with Crippen LogP contribution in [0.1, 0.15) is 17.4 Å². The number of rotatable bonds is 7. The number of nitrogens with zero attached hydrogens (tertiary/aromatic N) is 3. The molecule has 0 aliphatic carbocycles. The lowest BCUT2D eigenvalue weighted by molar-refractivity contribution is 0.266. The molecule has 0 aliphatic heterocycles. The molecule has 6 heteroatoms. The third-order valence-electron chi connectivity index (χ3n) is 6.31. The van der Waals surface area contributed by atoms with E-state index in [-0.39, 0.29) is 24.0 Å². The molecule has 0 spiro atoms. The van der Waals surface area contributed by atoms with E-state index in [1.54, 1.807) is 16.7 Å². The summed E-state index contributed by atoms with van der Waals surface area (Å²) in [4.78, 5) is 20.6. The van der Waals surface area contributed by atoms with Gasteiger partial charge < -0.3 is 9.64 Å². The van der Waals surface area contributed by atoms with Gasteiger partial charge in [0.1, 0.15) is 24.0 Å². The Morgan fingerprint density at radius 2 is 1.53 bits per heavy atom. The number of para-hydroxylation sites is 1. The first kappa shape index (κ1) is 23.3. The van der Waals surface area contributed by atoms with Crippen molar-refractivity contribution in [3.63, 3.8) is 0 Å². The van der Waals surface area contributed by atoms with Crippen LogP contribution in [0.5, 0.6) is 5.75 Å². The summed E-state index contributed by atoms with van der Waals surface area (Å²) < 4.78 is 21.2. The third-order valence-corrected chi connectivity index (χ3v) is 6.31. The van der Waals surface area contributed by atoms with Crippen molar-refractivity contribution in [1.82, 2.24) is 9.55 Å². The molecule has 0 saturated carbocycles. The zero-order valence-electron chi connectivity index (χ0n) is 20.1. The Hall–Kier alpha value is -4.45. The van der Waals surface area contributed by atoms with E-state index < -0.39 is 0 Å². The molecule has 36 heavy (non-hydrogen) atoms. The maximum atomic E-state index is 13.9. The van der Waals surface area contributed by atoms with Crippen LogP contribution < -0.4 is 15.2 Å². The van der Waals surface area contributed by atoms with Crippen LogP contribution in [0.15, 0.2) is 108 Å². The molecule has 1 aromatic heterocycles. The highest BCUT2D eigenvalue weighted by Crippen LogP contribution is 2.27. The molecule has 180 valence electrons. The molecule has 4 aromatic carbocycles. The lowest BCUT2D eigenvalue weighted by Gasteiger charge is -2.24. The van der Waals surface area contributed by atoms with Gasteiger partial charge in [0.2, 0.25) is 0 Å². The molecule has 0 radical (unpaired) electrons. The highest BCUT2D eigenvalue weighted by molar-refractivity contribution is 5.83. The molecule has 0 unspecified atom stereocenters. The number of anilines is 2. The number of aryl methyl sites for hydroxylation is 1. The predicted molar refractivity (Wildman–Crippen MR) is 142 cm³/mol. The number of halogens is 1. The van der Waals surface area contributed by atoms with Gasteiger partial charge in [-0.2, -0.15) is 0 Å². The molecule has 5 rings (SSSR count). The summed E-state index contributed by atoms with van der Waals surface area (Å²) in [7, 11) is 1.88. The zero-order valence-corrected chi connectivity index (χ0v) is 20.1. The zero-order chi connectivity index (χ0) is 25.1. The van der Waals surface area contributed by atoms with Gasteiger partial charge in [0.05, 0.1) is 16.9 Å². The van der Waals surface area contributed by atoms with Crippen molar-refractivity contribution < 1.29 is 9.13 Å². The van der Waals surface area contributed by atoms with Crippen molar-refractivity contribution in [3.8, 4) is 5.75 Å². The Balaban J connectivity index is 1.59. The van der Waals surface area contributed by atoms with E-state index in [1.165, 1.54) is 12.1 Å². The molecule has 1 heterocycles. The summed E-state index contributed by atoms with van der Waals surface area (Å²) in [5.41, 5.74) is 3.06. The Bertz CT molecular complexity index is 1530. The lowest BCUT2D eigenvalue weighted by atomic mass is 10.1. The number of ether oxygens (including phenoxy) is 1. The van der Waals surface area contributed by atoms with E-state index in [0.717, 1.165) is 22.7 Å². The number of benzene rings is 4. The average Bonchev–Trinajstić information content (AvgIpc) is 2.91. The predicted octanol–water partition coefficient (Wildman–Crippen LogP) is 6.28. The van der Waals surface area contributed by atoms with Gasteiger partial charge in [0.15, 0.2) is 0 Å². The Kier molecular flexibility index (Phi) is 6.50. The van der Waals surface area contributed by atoms with E-state index in [0.29, 0.717) is 16.7 Å². The fraction of sp³-hybridized carbons (Fsp3) is 0.133.